The van der Waals surface area contributed by atoms with Gasteiger partial charge in [-0.15, -0.1) is 0 Å². The first-order valence-corrected chi connectivity index (χ1v) is 13.5. The largest absolute Gasteiger partial charge is 0.299 e. The molecule has 2 heterocycles. The van der Waals surface area contributed by atoms with Crippen LogP contribution in [0.3, 0.4) is 0 Å². The molecule has 0 aliphatic heterocycles. The Labute approximate surface area is 239 Å². The van der Waals surface area contributed by atoms with E-state index in [1.165, 1.54) is 12.1 Å². The zero-order valence-corrected chi connectivity index (χ0v) is 22.0. The molecular weight excluding hydrogens is 536 g/mol. The van der Waals surface area contributed by atoms with Gasteiger partial charge in [0.1, 0.15) is 0 Å². The normalized spacial score (nSPS) is 15.0. The van der Waals surface area contributed by atoms with Crippen molar-refractivity contribution in [1.82, 2.24) is 9.97 Å². The minimum absolute atomic E-state index is 0.0155. The van der Waals surface area contributed by atoms with Crippen LogP contribution in [0.5, 0.6) is 0 Å². The van der Waals surface area contributed by atoms with E-state index in [-0.39, 0.29) is 22.3 Å². The molecule has 0 atom stereocenters. The van der Waals surface area contributed by atoms with Crippen LogP contribution >= 0.6 is 0 Å². The Morgan fingerprint density at radius 3 is 1.21 bits per heavy atom. The Kier molecular flexibility index (Phi) is 5.11. The lowest BCUT2D eigenvalue weighted by Gasteiger charge is -2.14. The number of benzene rings is 4. The molecule has 2 aromatic heterocycles. The molecule has 0 spiro atoms. The second-order valence-corrected chi connectivity index (χ2v) is 10.6. The third kappa shape index (κ3) is 3.51. The molecule has 0 unspecified atom stereocenters. The minimum atomic E-state index is -3.08. The Balaban J connectivity index is 1.15. The third-order valence-corrected chi connectivity index (χ3v) is 8.28. The van der Waals surface area contributed by atoms with Gasteiger partial charge in [-0.05, 0) is 80.9 Å². The monoisotopic (exact) mass is 556 g/mol. The summed E-state index contributed by atoms with van der Waals surface area (Å²) in [6.45, 7) is 0. The second kappa shape index (κ2) is 8.70. The second-order valence-electron chi connectivity index (χ2n) is 10.6. The van der Waals surface area contributed by atoms with E-state index >= 15 is 17.6 Å². The van der Waals surface area contributed by atoms with E-state index in [2.05, 4.69) is 9.97 Å². The average Bonchev–Trinajstić information content (AvgIpc) is 3.40. The summed E-state index contributed by atoms with van der Waals surface area (Å²) in [6.07, 6.45) is 3.23. The molecule has 0 amide bonds. The first-order chi connectivity index (χ1) is 20.3. The molecule has 6 heteroatoms. The number of aromatic nitrogens is 2. The summed E-state index contributed by atoms with van der Waals surface area (Å²) >= 11 is 0. The number of alkyl halides is 4. The van der Waals surface area contributed by atoms with Crippen LogP contribution in [0, 0.1) is 0 Å². The fourth-order valence-electron chi connectivity index (χ4n) is 6.21. The van der Waals surface area contributed by atoms with E-state index in [0.29, 0.717) is 44.8 Å². The molecule has 0 fully saturated rings. The van der Waals surface area contributed by atoms with E-state index in [1.807, 2.05) is 24.3 Å². The van der Waals surface area contributed by atoms with Gasteiger partial charge in [-0.2, -0.15) is 17.6 Å². The van der Waals surface area contributed by atoms with E-state index in [9.17, 15) is 0 Å². The highest BCUT2D eigenvalue weighted by Crippen LogP contribution is 2.53. The number of rotatable bonds is 3. The molecule has 2 aliphatic carbocycles. The van der Waals surface area contributed by atoms with Gasteiger partial charge in [0.2, 0.25) is 0 Å². The summed E-state index contributed by atoms with van der Waals surface area (Å²) in [5, 5.41) is 0. The van der Waals surface area contributed by atoms with Gasteiger partial charge >= 0.3 is 0 Å². The Hall–Kier alpha value is -5.10. The molecule has 2 nitrogen and oxygen atoms in total. The maximum atomic E-state index is 15.3. The molecule has 0 saturated heterocycles. The van der Waals surface area contributed by atoms with Gasteiger partial charge in [-0.3, -0.25) is 9.97 Å². The maximum absolute atomic E-state index is 15.3. The van der Waals surface area contributed by atoms with Gasteiger partial charge in [-0.25, -0.2) is 0 Å². The number of fused-ring (bicyclic) bond motifs is 6. The Morgan fingerprint density at radius 2 is 0.762 bits per heavy atom. The number of halogens is 4. The predicted octanol–water partition coefficient (Wildman–Crippen LogP) is 9.72. The van der Waals surface area contributed by atoms with Crippen molar-refractivity contribution in [1.29, 1.82) is 0 Å². The summed E-state index contributed by atoms with van der Waals surface area (Å²) in [5.41, 5.74) is 5.97. The maximum Gasteiger partial charge on any atom is 0.299 e. The van der Waals surface area contributed by atoms with Crippen molar-refractivity contribution >= 4 is 0 Å². The summed E-state index contributed by atoms with van der Waals surface area (Å²) in [7, 11) is 0. The van der Waals surface area contributed by atoms with Crippen molar-refractivity contribution in [3.05, 3.63) is 144 Å². The van der Waals surface area contributed by atoms with E-state index in [4.69, 9.17) is 0 Å². The molecule has 0 bridgehead atoms. The number of pyridine rings is 2. The van der Waals surface area contributed by atoms with Crippen LogP contribution < -0.4 is 0 Å². The SMILES string of the molecule is FC1(F)c2ccccc2-c2ccc(-c3ccnc(-c4cc(-c5ccc6c(c5)C(F)(F)c5ccccc5-6)ccn4)c3)cc21. The molecule has 202 valence electrons. The minimum Gasteiger partial charge on any atom is -0.255 e. The van der Waals surface area contributed by atoms with Crippen molar-refractivity contribution in [2.24, 2.45) is 0 Å². The highest BCUT2D eigenvalue weighted by Gasteiger charge is 2.45. The first kappa shape index (κ1) is 24.7. The van der Waals surface area contributed by atoms with Gasteiger partial charge < -0.3 is 0 Å². The fraction of sp³-hybridized carbons (Fsp3) is 0.0556. The van der Waals surface area contributed by atoms with Gasteiger partial charge in [-0.1, -0.05) is 72.8 Å². The number of hydrogen-bond donors (Lipinski definition) is 0. The van der Waals surface area contributed by atoms with Gasteiger partial charge in [0, 0.05) is 34.6 Å². The summed E-state index contributed by atoms with van der Waals surface area (Å²) in [6, 6.07) is 30.6. The van der Waals surface area contributed by atoms with Crippen molar-refractivity contribution in [2.45, 2.75) is 11.8 Å². The third-order valence-electron chi connectivity index (χ3n) is 8.28. The Morgan fingerprint density at radius 1 is 0.381 bits per heavy atom. The molecular formula is C36H20F4N2. The number of nitrogens with zero attached hydrogens (tertiary/aromatic N) is 2. The highest BCUT2D eigenvalue weighted by molar-refractivity contribution is 5.84. The van der Waals surface area contributed by atoms with Crippen molar-refractivity contribution in [3.63, 3.8) is 0 Å². The molecule has 0 N–H and O–H groups in total. The van der Waals surface area contributed by atoms with Crippen molar-refractivity contribution in [2.75, 3.05) is 0 Å². The Bertz CT molecular complexity index is 1920. The van der Waals surface area contributed by atoms with Crippen molar-refractivity contribution < 1.29 is 17.6 Å². The topological polar surface area (TPSA) is 25.8 Å². The molecule has 2 aliphatic rings. The van der Waals surface area contributed by atoms with Crippen LogP contribution in [-0.4, -0.2) is 9.97 Å². The van der Waals surface area contributed by atoms with Crippen LogP contribution in [0.4, 0.5) is 17.6 Å². The lowest BCUT2D eigenvalue weighted by molar-refractivity contribution is 0.0475. The summed E-state index contributed by atoms with van der Waals surface area (Å²) in [5.74, 6) is -6.16. The van der Waals surface area contributed by atoms with Crippen LogP contribution in [0.2, 0.25) is 0 Å². The zero-order chi connectivity index (χ0) is 28.6. The summed E-state index contributed by atoms with van der Waals surface area (Å²) in [4.78, 5) is 8.96. The van der Waals surface area contributed by atoms with E-state index in [0.717, 1.165) is 11.1 Å². The lowest BCUT2D eigenvalue weighted by Crippen LogP contribution is -2.10. The van der Waals surface area contributed by atoms with E-state index < -0.39 is 11.8 Å². The smallest absolute Gasteiger partial charge is 0.255 e. The quantitative estimate of drug-likeness (QED) is 0.203. The van der Waals surface area contributed by atoms with Crippen LogP contribution in [0.25, 0.3) is 55.9 Å². The zero-order valence-electron chi connectivity index (χ0n) is 22.0. The van der Waals surface area contributed by atoms with Crippen molar-refractivity contribution in [3.8, 4) is 55.9 Å². The lowest BCUT2D eigenvalue weighted by atomic mass is 9.97. The molecule has 0 saturated carbocycles. The van der Waals surface area contributed by atoms with Gasteiger partial charge in [0.15, 0.2) is 0 Å². The van der Waals surface area contributed by atoms with Gasteiger partial charge in [0.05, 0.1) is 11.4 Å². The highest BCUT2D eigenvalue weighted by atomic mass is 19.3. The standard InChI is InChI=1S/C36H20F4N2/c37-35(38)29-7-3-1-5-25(29)27-11-9-21(17-31(27)35)23-13-15-41-33(19-23)34-20-24(14-16-42-34)22-10-12-28-26-6-2-4-8-30(26)36(39,40)32(28)18-22/h1-20H. The fourth-order valence-corrected chi connectivity index (χ4v) is 6.21. The van der Waals surface area contributed by atoms with Crippen LogP contribution in [-0.2, 0) is 11.8 Å². The number of hydrogen-bond acceptors (Lipinski definition) is 2. The molecule has 4 aromatic carbocycles. The molecule has 42 heavy (non-hydrogen) atoms. The summed E-state index contributed by atoms with van der Waals surface area (Å²) < 4.78 is 61.3. The van der Waals surface area contributed by atoms with E-state index in [1.54, 1.807) is 85.2 Å². The van der Waals surface area contributed by atoms with Gasteiger partial charge in [0.25, 0.3) is 11.8 Å². The molecule has 8 rings (SSSR count). The average molecular weight is 557 g/mol. The first-order valence-electron chi connectivity index (χ1n) is 13.5. The van der Waals surface area contributed by atoms with Crippen LogP contribution in [0.15, 0.2) is 122 Å². The molecule has 6 aromatic rings. The predicted molar refractivity (Wildman–Crippen MR) is 155 cm³/mol. The van der Waals surface area contributed by atoms with Crippen LogP contribution in [0.1, 0.15) is 22.3 Å². The molecule has 0 radical (unpaired) electrons.